The number of rotatable bonds is 4. The molecule has 8 heteroatoms. The van der Waals surface area contributed by atoms with Gasteiger partial charge < -0.3 is 20.7 Å². The van der Waals surface area contributed by atoms with E-state index in [9.17, 15) is 0 Å². The highest BCUT2D eigenvalue weighted by Gasteiger charge is 2.33. The van der Waals surface area contributed by atoms with Crippen molar-refractivity contribution < 1.29 is 4.74 Å². The Bertz CT molecular complexity index is 1050. The lowest BCUT2D eigenvalue weighted by Gasteiger charge is -2.44. The van der Waals surface area contributed by atoms with Crippen LogP contribution in [0, 0.1) is 11.8 Å². The van der Waals surface area contributed by atoms with Crippen LogP contribution in [0.4, 0.5) is 17.6 Å². The van der Waals surface area contributed by atoms with Gasteiger partial charge in [-0.25, -0.2) is 4.98 Å². The molecule has 0 amide bonds. The zero-order valence-corrected chi connectivity index (χ0v) is 18.3. The second-order valence-electron chi connectivity index (χ2n) is 8.78. The lowest BCUT2D eigenvalue weighted by molar-refractivity contribution is 0.308. The predicted molar refractivity (Wildman–Crippen MR) is 122 cm³/mol. The van der Waals surface area contributed by atoms with E-state index in [1.165, 1.54) is 0 Å². The summed E-state index contributed by atoms with van der Waals surface area (Å²) in [6.07, 6.45) is 4.66. The number of fused-ring (bicyclic) bond motifs is 1. The van der Waals surface area contributed by atoms with Crippen LogP contribution < -0.4 is 20.7 Å². The first kappa shape index (κ1) is 20.3. The molecule has 0 aliphatic carbocycles. The van der Waals surface area contributed by atoms with Crippen molar-refractivity contribution in [2.24, 2.45) is 5.41 Å². The summed E-state index contributed by atoms with van der Waals surface area (Å²) in [5, 5.41) is 11.0. The summed E-state index contributed by atoms with van der Waals surface area (Å²) in [5.41, 5.74) is 8.65. The number of nitrogen functional groups attached to an aromatic ring is 1. The van der Waals surface area contributed by atoms with Gasteiger partial charge in [0.15, 0.2) is 5.82 Å². The number of hydrogen-bond donors (Lipinski definition) is 3. The number of aromatic nitrogens is 4. The molecular formula is C22H30N7O. The van der Waals surface area contributed by atoms with Crippen LogP contribution in [0.5, 0.6) is 5.75 Å². The summed E-state index contributed by atoms with van der Waals surface area (Å²) in [5.74, 6) is 2.59. The number of nitrogens with zero attached hydrogens (tertiary/aromatic N) is 4. The van der Waals surface area contributed by atoms with E-state index in [2.05, 4.69) is 53.7 Å². The first-order valence-corrected chi connectivity index (χ1v) is 10.3. The van der Waals surface area contributed by atoms with E-state index in [-0.39, 0.29) is 5.41 Å². The lowest BCUT2D eigenvalue weighted by Crippen LogP contribution is -2.48. The smallest absolute Gasteiger partial charge is 0.224 e. The van der Waals surface area contributed by atoms with Gasteiger partial charge in [0.2, 0.25) is 5.95 Å². The van der Waals surface area contributed by atoms with Crippen molar-refractivity contribution >= 4 is 28.5 Å². The second-order valence-corrected chi connectivity index (χ2v) is 8.78. The molecule has 0 saturated carbocycles. The third-order valence-electron chi connectivity index (χ3n) is 5.62. The summed E-state index contributed by atoms with van der Waals surface area (Å²) >= 11 is 0. The fourth-order valence-electron chi connectivity index (χ4n) is 4.18. The molecule has 1 radical (unpaired) electrons. The molecule has 4 N–H and O–H groups in total. The third-order valence-corrected chi connectivity index (χ3v) is 5.62. The van der Waals surface area contributed by atoms with E-state index < -0.39 is 0 Å². The average molecular weight is 409 g/mol. The van der Waals surface area contributed by atoms with Crippen molar-refractivity contribution in [1.82, 2.24) is 20.2 Å². The van der Waals surface area contributed by atoms with Gasteiger partial charge in [0, 0.05) is 31.3 Å². The molecular weight excluding hydrogens is 378 g/mol. The van der Waals surface area contributed by atoms with Gasteiger partial charge in [0.1, 0.15) is 11.6 Å². The number of aromatic amines is 1. The maximum absolute atomic E-state index is 6.00. The van der Waals surface area contributed by atoms with E-state index >= 15 is 0 Å². The highest BCUT2D eigenvalue weighted by Crippen LogP contribution is 2.37. The molecule has 1 unspecified atom stereocenters. The number of nitrogens with two attached hydrogens (primary N) is 1. The zero-order chi connectivity index (χ0) is 21.5. The van der Waals surface area contributed by atoms with Crippen molar-refractivity contribution in [3.8, 4) is 17.0 Å². The van der Waals surface area contributed by atoms with Crippen LogP contribution in [0.3, 0.4) is 0 Å². The van der Waals surface area contributed by atoms with Crippen molar-refractivity contribution in [1.29, 1.82) is 0 Å². The van der Waals surface area contributed by atoms with Crippen LogP contribution in [0.25, 0.3) is 22.2 Å². The van der Waals surface area contributed by atoms with Gasteiger partial charge in [-0.3, -0.25) is 5.10 Å². The van der Waals surface area contributed by atoms with Crippen LogP contribution in [-0.4, -0.2) is 46.9 Å². The number of H-pyrrole nitrogens is 1. The fraction of sp³-hybridized carbons (Fsp3) is 0.455. The Morgan fingerprint density at radius 3 is 2.73 bits per heavy atom. The lowest BCUT2D eigenvalue weighted by atomic mass is 9.80. The van der Waals surface area contributed by atoms with Crippen molar-refractivity contribution in [2.45, 2.75) is 39.7 Å². The monoisotopic (exact) mass is 408 g/mol. The maximum atomic E-state index is 6.00. The molecule has 2 aromatic heterocycles. The van der Waals surface area contributed by atoms with Gasteiger partial charge >= 0.3 is 0 Å². The zero-order valence-electron chi connectivity index (χ0n) is 18.3. The fourth-order valence-corrected chi connectivity index (χ4v) is 4.18. The quantitative estimate of drug-likeness (QED) is 0.602. The molecule has 30 heavy (non-hydrogen) atoms. The summed E-state index contributed by atoms with van der Waals surface area (Å²) in [7, 11) is 3.47. The van der Waals surface area contributed by atoms with Crippen LogP contribution in [0.15, 0.2) is 18.2 Å². The number of hydrogen-bond acceptors (Lipinski definition) is 7. The Morgan fingerprint density at radius 1 is 1.23 bits per heavy atom. The summed E-state index contributed by atoms with van der Waals surface area (Å²) in [4.78, 5) is 11.9. The van der Waals surface area contributed by atoms with Crippen LogP contribution in [-0.2, 0) is 0 Å². The molecule has 1 aliphatic rings. The molecule has 8 nitrogen and oxygen atoms in total. The van der Waals surface area contributed by atoms with Crippen molar-refractivity contribution in [2.75, 3.05) is 36.7 Å². The number of nitrogens with one attached hydrogen (secondary N) is 2. The largest absolute Gasteiger partial charge is 0.496 e. The van der Waals surface area contributed by atoms with Gasteiger partial charge in [-0.1, -0.05) is 20.8 Å². The molecule has 3 aromatic rings. The number of anilines is 3. The predicted octanol–water partition coefficient (Wildman–Crippen LogP) is 3.87. The standard InChI is InChI=1S/C22H30N7O/c1-22(2,3)17-8-6-7-9-29(17)18-12-14(25-21(24-4)26-18)13-10-15-19(16(11-13)30-5)20(23)28-27-15/h8,10-12,17H,6-7,9H2,1-5H3,(H3,23,27,28)(H,24,25,26). The minimum absolute atomic E-state index is 0.112. The SMILES string of the molecule is CNc1nc(-c2cc(OC)c3c(N)n[nH]c3c2)cc(N2CCC[CH]C2C(C)(C)C)n1. The molecule has 1 aliphatic heterocycles. The molecule has 3 heterocycles. The second kappa shape index (κ2) is 7.66. The average Bonchev–Trinajstić information content (AvgIpc) is 3.13. The summed E-state index contributed by atoms with van der Waals surface area (Å²) < 4.78 is 5.58. The van der Waals surface area contributed by atoms with Crippen molar-refractivity contribution in [3.63, 3.8) is 0 Å². The van der Waals surface area contributed by atoms with Gasteiger partial charge in [0.05, 0.1) is 23.7 Å². The minimum atomic E-state index is 0.112. The van der Waals surface area contributed by atoms with Gasteiger partial charge in [-0.2, -0.15) is 10.1 Å². The first-order chi connectivity index (χ1) is 14.3. The van der Waals surface area contributed by atoms with E-state index in [0.717, 1.165) is 47.4 Å². The minimum Gasteiger partial charge on any atom is -0.496 e. The van der Waals surface area contributed by atoms with Gasteiger partial charge in [-0.15, -0.1) is 0 Å². The topological polar surface area (TPSA) is 105 Å². The first-order valence-electron chi connectivity index (χ1n) is 10.3. The van der Waals surface area contributed by atoms with E-state index in [1.807, 2.05) is 19.2 Å². The highest BCUT2D eigenvalue weighted by atomic mass is 16.5. The third kappa shape index (κ3) is 3.62. The molecule has 4 rings (SSSR count). The Morgan fingerprint density at radius 2 is 2.03 bits per heavy atom. The summed E-state index contributed by atoms with van der Waals surface area (Å²) in [6.45, 7) is 7.79. The number of ether oxygens (including phenoxy) is 1. The Hall–Kier alpha value is -3.03. The normalized spacial score (nSPS) is 17.4. The Kier molecular flexibility index (Phi) is 5.17. The number of benzene rings is 1. The Balaban J connectivity index is 1.83. The van der Waals surface area contributed by atoms with E-state index in [0.29, 0.717) is 23.6 Å². The van der Waals surface area contributed by atoms with Crippen LogP contribution in [0.1, 0.15) is 33.6 Å². The molecule has 1 atom stereocenters. The van der Waals surface area contributed by atoms with Crippen LogP contribution in [0.2, 0.25) is 0 Å². The van der Waals surface area contributed by atoms with Gasteiger partial charge in [0.25, 0.3) is 0 Å². The molecule has 1 aromatic carbocycles. The summed E-state index contributed by atoms with van der Waals surface area (Å²) in [6, 6.07) is 6.31. The maximum Gasteiger partial charge on any atom is 0.224 e. The van der Waals surface area contributed by atoms with Gasteiger partial charge in [-0.05, 0) is 36.8 Å². The molecule has 0 spiro atoms. The molecule has 1 fully saturated rings. The highest BCUT2D eigenvalue weighted by molar-refractivity contribution is 5.97. The van der Waals surface area contributed by atoms with Crippen LogP contribution >= 0.6 is 0 Å². The number of piperidine rings is 1. The molecule has 159 valence electrons. The number of methoxy groups -OCH3 is 1. The Labute approximate surface area is 177 Å². The van der Waals surface area contributed by atoms with E-state index in [1.54, 1.807) is 7.11 Å². The van der Waals surface area contributed by atoms with E-state index in [4.69, 9.17) is 20.4 Å². The molecule has 0 bridgehead atoms. The molecule has 1 saturated heterocycles. The van der Waals surface area contributed by atoms with Crippen molar-refractivity contribution in [3.05, 3.63) is 24.6 Å².